The van der Waals surface area contributed by atoms with E-state index in [1.165, 1.54) is 6.07 Å². The van der Waals surface area contributed by atoms with Crippen LogP contribution in [0.2, 0.25) is 0 Å². The summed E-state index contributed by atoms with van der Waals surface area (Å²) in [5.41, 5.74) is 1.16. The number of benzene rings is 1. The Labute approximate surface area is 75.8 Å². The normalized spacial score (nSPS) is 10.6. The van der Waals surface area contributed by atoms with E-state index in [0.29, 0.717) is 11.3 Å². The standard InChI is InChI=1S/C9H10FN3/c1-7-6-8(2-3-9(7)10)13-12-5-4-11/h2-4,6,11H,5H2,1H3. The molecule has 0 heterocycles. The highest BCUT2D eigenvalue weighted by molar-refractivity contribution is 5.55. The van der Waals surface area contributed by atoms with E-state index in [0.717, 1.165) is 6.21 Å². The first kappa shape index (κ1) is 9.51. The summed E-state index contributed by atoms with van der Waals surface area (Å²) in [7, 11) is 0. The van der Waals surface area contributed by atoms with Crippen LogP contribution in [0.3, 0.4) is 0 Å². The predicted molar refractivity (Wildman–Crippen MR) is 49.3 cm³/mol. The summed E-state index contributed by atoms with van der Waals surface area (Å²) >= 11 is 0. The fourth-order valence-corrected chi connectivity index (χ4v) is 0.854. The van der Waals surface area contributed by atoms with Crippen molar-refractivity contribution in [2.75, 3.05) is 6.54 Å². The van der Waals surface area contributed by atoms with Crippen molar-refractivity contribution < 1.29 is 4.39 Å². The Balaban J connectivity index is 2.79. The van der Waals surface area contributed by atoms with Crippen LogP contribution >= 0.6 is 0 Å². The van der Waals surface area contributed by atoms with Crippen LogP contribution < -0.4 is 0 Å². The Kier molecular flexibility index (Phi) is 3.25. The average Bonchev–Trinajstić information content (AvgIpc) is 2.12. The lowest BCUT2D eigenvalue weighted by atomic mass is 10.2. The first-order chi connectivity index (χ1) is 6.24. The van der Waals surface area contributed by atoms with Gasteiger partial charge in [0.25, 0.3) is 0 Å². The van der Waals surface area contributed by atoms with Gasteiger partial charge in [-0.2, -0.15) is 10.2 Å². The molecule has 0 aliphatic heterocycles. The van der Waals surface area contributed by atoms with Gasteiger partial charge in [0.1, 0.15) is 5.82 Å². The van der Waals surface area contributed by atoms with Gasteiger partial charge in [-0.05, 0) is 30.7 Å². The number of aryl methyl sites for hydroxylation is 1. The largest absolute Gasteiger partial charge is 0.311 e. The lowest BCUT2D eigenvalue weighted by Gasteiger charge is -1.95. The zero-order chi connectivity index (χ0) is 9.68. The fraction of sp³-hybridized carbons (Fsp3) is 0.222. The number of nitrogens with zero attached hydrogens (tertiary/aromatic N) is 2. The number of nitrogens with one attached hydrogen (secondary N) is 1. The molecule has 0 saturated heterocycles. The molecule has 0 amide bonds. The molecule has 0 radical (unpaired) electrons. The number of rotatable bonds is 3. The van der Waals surface area contributed by atoms with Crippen LogP contribution in [0.4, 0.5) is 10.1 Å². The molecule has 1 rings (SSSR count). The van der Waals surface area contributed by atoms with Crippen LogP contribution in [0.15, 0.2) is 28.4 Å². The molecular formula is C9H10FN3. The third kappa shape index (κ3) is 2.74. The van der Waals surface area contributed by atoms with Crippen molar-refractivity contribution in [3.63, 3.8) is 0 Å². The molecule has 3 nitrogen and oxygen atoms in total. The Morgan fingerprint density at radius 1 is 1.54 bits per heavy atom. The van der Waals surface area contributed by atoms with Gasteiger partial charge in [-0.15, -0.1) is 0 Å². The molecule has 1 N–H and O–H groups in total. The van der Waals surface area contributed by atoms with Gasteiger partial charge in [-0.3, -0.25) is 0 Å². The molecular weight excluding hydrogens is 169 g/mol. The van der Waals surface area contributed by atoms with Crippen LogP contribution in [0.5, 0.6) is 0 Å². The van der Waals surface area contributed by atoms with Gasteiger partial charge in [0, 0.05) is 6.21 Å². The Bertz CT molecular complexity index is 334. The summed E-state index contributed by atoms with van der Waals surface area (Å²) in [5.74, 6) is -0.244. The third-order valence-electron chi connectivity index (χ3n) is 1.50. The zero-order valence-electron chi connectivity index (χ0n) is 7.29. The van der Waals surface area contributed by atoms with Crippen molar-refractivity contribution in [2.24, 2.45) is 10.2 Å². The van der Waals surface area contributed by atoms with Crippen molar-refractivity contribution in [1.82, 2.24) is 0 Å². The van der Waals surface area contributed by atoms with Gasteiger partial charge < -0.3 is 5.41 Å². The minimum Gasteiger partial charge on any atom is -0.311 e. The maximum atomic E-state index is 12.8. The van der Waals surface area contributed by atoms with Gasteiger partial charge >= 0.3 is 0 Å². The van der Waals surface area contributed by atoms with E-state index in [1.54, 1.807) is 19.1 Å². The van der Waals surface area contributed by atoms with Crippen LogP contribution in [0.1, 0.15) is 5.56 Å². The first-order valence-corrected chi connectivity index (χ1v) is 3.86. The van der Waals surface area contributed by atoms with E-state index in [4.69, 9.17) is 5.41 Å². The second-order valence-corrected chi connectivity index (χ2v) is 2.56. The highest BCUT2D eigenvalue weighted by atomic mass is 19.1. The maximum Gasteiger partial charge on any atom is 0.126 e. The molecule has 1 aromatic carbocycles. The quantitative estimate of drug-likeness (QED) is 0.548. The molecule has 0 fully saturated rings. The van der Waals surface area contributed by atoms with E-state index in [-0.39, 0.29) is 12.4 Å². The summed E-state index contributed by atoms with van der Waals surface area (Å²) in [5, 5.41) is 14.2. The first-order valence-electron chi connectivity index (χ1n) is 3.86. The molecule has 68 valence electrons. The van der Waals surface area contributed by atoms with Gasteiger partial charge in [-0.1, -0.05) is 0 Å². The number of hydrogen-bond donors (Lipinski definition) is 1. The zero-order valence-corrected chi connectivity index (χ0v) is 7.29. The summed E-state index contributed by atoms with van der Waals surface area (Å²) in [6, 6.07) is 4.52. The van der Waals surface area contributed by atoms with Gasteiger partial charge in [0.15, 0.2) is 0 Å². The Hall–Kier alpha value is -1.58. The molecule has 1 aromatic rings. The minimum atomic E-state index is -0.244. The summed E-state index contributed by atoms with van der Waals surface area (Å²) in [6.45, 7) is 1.93. The molecule has 0 bridgehead atoms. The number of halogens is 1. The highest BCUT2D eigenvalue weighted by Crippen LogP contribution is 2.16. The fourth-order valence-electron chi connectivity index (χ4n) is 0.854. The average molecular weight is 179 g/mol. The number of azo groups is 1. The Morgan fingerprint density at radius 2 is 2.31 bits per heavy atom. The third-order valence-corrected chi connectivity index (χ3v) is 1.50. The lowest BCUT2D eigenvalue weighted by molar-refractivity contribution is 0.618. The molecule has 0 saturated carbocycles. The SMILES string of the molecule is Cc1cc(N=NCC=N)ccc1F. The van der Waals surface area contributed by atoms with E-state index in [9.17, 15) is 4.39 Å². The van der Waals surface area contributed by atoms with Crippen molar-refractivity contribution >= 4 is 11.9 Å². The summed E-state index contributed by atoms with van der Waals surface area (Å²) < 4.78 is 12.8. The van der Waals surface area contributed by atoms with Crippen LogP contribution in [0, 0.1) is 18.2 Å². The van der Waals surface area contributed by atoms with E-state index in [1.807, 2.05) is 0 Å². The van der Waals surface area contributed by atoms with E-state index in [2.05, 4.69) is 10.2 Å². The van der Waals surface area contributed by atoms with Crippen molar-refractivity contribution in [2.45, 2.75) is 6.92 Å². The molecule has 0 unspecified atom stereocenters. The van der Waals surface area contributed by atoms with Gasteiger partial charge in [0.05, 0.1) is 12.2 Å². The minimum absolute atomic E-state index is 0.244. The second kappa shape index (κ2) is 4.45. The molecule has 0 aliphatic rings. The van der Waals surface area contributed by atoms with Crippen LogP contribution in [-0.2, 0) is 0 Å². The topological polar surface area (TPSA) is 48.6 Å². The lowest BCUT2D eigenvalue weighted by Crippen LogP contribution is -1.80. The smallest absolute Gasteiger partial charge is 0.126 e. The monoisotopic (exact) mass is 179 g/mol. The van der Waals surface area contributed by atoms with Gasteiger partial charge in [-0.25, -0.2) is 4.39 Å². The summed E-state index contributed by atoms with van der Waals surface area (Å²) in [6.07, 6.45) is 1.15. The number of hydrogen-bond acceptors (Lipinski definition) is 3. The van der Waals surface area contributed by atoms with Gasteiger partial charge in [0.2, 0.25) is 0 Å². The molecule has 4 heteroatoms. The molecule has 0 aromatic heterocycles. The molecule has 13 heavy (non-hydrogen) atoms. The van der Waals surface area contributed by atoms with E-state index >= 15 is 0 Å². The summed E-state index contributed by atoms with van der Waals surface area (Å²) in [4.78, 5) is 0. The molecule has 0 aliphatic carbocycles. The van der Waals surface area contributed by atoms with Crippen molar-refractivity contribution in [3.05, 3.63) is 29.6 Å². The predicted octanol–water partition coefficient (Wildman–Crippen LogP) is 2.87. The molecule has 0 spiro atoms. The van der Waals surface area contributed by atoms with E-state index < -0.39 is 0 Å². The van der Waals surface area contributed by atoms with Crippen molar-refractivity contribution in [3.8, 4) is 0 Å². The van der Waals surface area contributed by atoms with Crippen molar-refractivity contribution in [1.29, 1.82) is 5.41 Å². The van der Waals surface area contributed by atoms with Crippen LogP contribution in [-0.4, -0.2) is 12.8 Å². The maximum absolute atomic E-state index is 12.8. The molecule has 0 atom stereocenters. The second-order valence-electron chi connectivity index (χ2n) is 2.56. The highest BCUT2D eigenvalue weighted by Gasteiger charge is 1.96. The Morgan fingerprint density at radius 3 is 2.92 bits per heavy atom. The van der Waals surface area contributed by atoms with Crippen LogP contribution in [0.25, 0.3) is 0 Å².